The number of carbonyl (C=O) groups is 3. The number of ether oxygens (including phenoxy) is 2. The standard InChI is InChI=1S/C17H24O6Si/c1-8(18)11-9-7-10(19)12-13(11)15(2)14(20)21-16(9,3)17(12,22-15)23-24(4,5)6/h9,11-13H,7H2,1-6H3/t9-,11-,12-,13+,15+,16+,17+/m1/s1. The summed E-state index contributed by atoms with van der Waals surface area (Å²) >= 11 is 0. The van der Waals surface area contributed by atoms with Crippen molar-refractivity contribution in [3.05, 3.63) is 0 Å². The van der Waals surface area contributed by atoms with Crippen LogP contribution in [0.4, 0.5) is 0 Å². The molecule has 5 bridgehead atoms. The molecule has 6 nitrogen and oxygen atoms in total. The lowest BCUT2D eigenvalue weighted by Gasteiger charge is -2.60. The second kappa shape index (κ2) is 4.19. The van der Waals surface area contributed by atoms with Gasteiger partial charge in [0.2, 0.25) is 5.79 Å². The normalized spacial score (nSPS) is 51.9. The van der Waals surface area contributed by atoms with Gasteiger partial charge < -0.3 is 13.9 Å². The van der Waals surface area contributed by atoms with Crippen LogP contribution in [0.1, 0.15) is 27.2 Å². The minimum absolute atomic E-state index is 0.00893. The van der Waals surface area contributed by atoms with Gasteiger partial charge in [-0.15, -0.1) is 0 Å². The van der Waals surface area contributed by atoms with Gasteiger partial charge in [0, 0.05) is 24.2 Å². The van der Waals surface area contributed by atoms with Gasteiger partial charge in [0.1, 0.15) is 11.6 Å². The van der Waals surface area contributed by atoms with E-state index < -0.39 is 49.0 Å². The highest BCUT2D eigenvalue weighted by Gasteiger charge is 2.87. The molecule has 0 amide bonds. The highest BCUT2D eigenvalue weighted by molar-refractivity contribution is 6.69. The van der Waals surface area contributed by atoms with E-state index in [4.69, 9.17) is 13.9 Å². The summed E-state index contributed by atoms with van der Waals surface area (Å²) in [5.41, 5.74) is -2.41. The van der Waals surface area contributed by atoms with Gasteiger partial charge in [-0.2, -0.15) is 0 Å². The van der Waals surface area contributed by atoms with Crippen LogP contribution in [0.15, 0.2) is 0 Å². The van der Waals surface area contributed by atoms with E-state index in [2.05, 4.69) is 0 Å². The molecule has 0 N–H and O–H groups in total. The van der Waals surface area contributed by atoms with Crippen LogP contribution in [0.2, 0.25) is 19.6 Å². The molecule has 24 heavy (non-hydrogen) atoms. The summed E-state index contributed by atoms with van der Waals surface area (Å²) in [6.07, 6.45) is 0.242. The molecular formula is C17H24O6Si. The maximum absolute atomic E-state index is 12.9. The van der Waals surface area contributed by atoms with Crippen LogP contribution in [0, 0.1) is 23.7 Å². The van der Waals surface area contributed by atoms with Gasteiger partial charge in [-0.1, -0.05) is 0 Å². The largest absolute Gasteiger partial charge is 0.451 e. The number of esters is 1. The van der Waals surface area contributed by atoms with Crippen molar-refractivity contribution in [1.82, 2.24) is 0 Å². The summed E-state index contributed by atoms with van der Waals surface area (Å²) in [6, 6.07) is 0. The number of carbonyl (C=O) groups excluding carboxylic acids is 3. The van der Waals surface area contributed by atoms with Crippen molar-refractivity contribution in [3.63, 3.8) is 0 Å². The summed E-state index contributed by atoms with van der Waals surface area (Å²) in [5, 5.41) is 0. The predicted molar refractivity (Wildman–Crippen MR) is 85.4 cm³/mol. The average molecular weight is 352 g/mol. The number of Topliss-reactive ketones (excluding diaryl/α,β-unsaturated/α-hetero) is 2. The Hall–Kier alpha value is -1.05. The Morgan fingerprint density at radius 3 is 2.42 bits per heavy atom. The summed E-state index contributed by atoms with van der Waals surface area (Å²) in [4.78, 5) is 38.0. The lowest BCUT2D eigenvalue weighted by molar-refractivity contribution is -0.351. The molecule has 132 valence electrons. The van der Waals surface area contributed by atoms with Crippen LogP contribution in [-0.2, 0) is 28.3 Å². The molecule has 7 atom stereocenters. The van der Waals surface area contributed by atoms with E-state index in [-0.39, 0.29) is 23.9 Å². The molecule has 5 fully saturated rings. The first-order chi connectivity index (χ1) is 10.9. The molecule has 0 aromatic heterocycles. The first-order valence-electron chi connectivity index (χ1n) is 8.54. The summed E-state index contributed by atoms with van der Waals surface area (Å²) in [6.45, 7) is 11.0. The summed E-state index contributed by atoms with van der Waals surface area (Å²) in [7, 11) is -2.12. The van der Waals surface area contributed by atoms with Crippen molar-refractivity contribution >= 4 is 25.9 Å². The lowest BCUT2D eigenvalue weighted by Crippen LogP contribution is -2.75. The van der Waals surface area contributed by atoms with Crippen molar-refractivity contribution in [2.75, 3.05) is 0 Å². The van der Waals surface area contributed by atoms with Gasteiger partial charge in [-0.25, -0.2) is 4.79 Å². The number of ketones is 2. The van der Waals surface area contributed by atoms with Crippen molar-refractivity contribution in [2.24, 2.45) is 23.7 Å². The van der Waals surface area contributed by atoms with E-state index in [0.717, 1.165) is 0 Å². The molecule has 7 heteroatoms. The molecule has 0 spiro atoms. The molecule has 3 aliphatic carbocycles. The van der Waals surface area contributed by atoms with Crippen LogP contribution in [-0.4, -0.2) is 42.8 Å². The zero-order chi connectivity index (χ0) is 17.9. The van der Waals surface area contributed by atoms with E-state index in [1.54, 1.807) is 13.8 Å². The van der Waals surface area contributed by atoms with Crippen molar-refractivity contribution in [1.29, 1.82) is 0 Å². The van der Waals surface area contributed by atoms with Crippen LogP contribution in [0.3, 0.4) is 0 Å². The number of fused-ring (bicyclic) bond motifs is 2. The highest BCUT2D eigenvalue weighted by atomic mass is 28.4. The van der Waals surface area contributed by atoms with Crippen LogP contribution in [0.25, 0.3) is 0 Å². The first-order valence-corrected chi connectivity index (χ1v) is 12.0. The predicted octanol–water partition coefficient (Wildman–Crippen LogP) is 1.68. The third-order valence-electron chi connectivity index (χ3n) is 6.39. The van der Waals surface area contributed by atoms with Gasteiger partial charge in [0.25, 0.3) is 0 Å². The van der Waals surface area contributed by atoms with Crippen LogP contribution >= 0.6 is 0 Å². The Bertz CT molecular complexity index is 683. The molecule has 0 radical (unpaired) electrons. The van der Waals surface area contributed by atoms with Gasteiger partial charge in [0.05, 0.1) is 5.92 Å². The molecular weight excluding hydrogens is 328 g/mol. The molecule has 5 rings (SSSR count). The van der Waals surface area contributed by atoms with E-state index in [1.807, 2.05) is 19.6 Å². The average Bonchev–Trinajstić information content (AvgIpc) is 2.59. The minimum atomic E-state index is -2.12. The maximum atomic E-state index is 12.9. The third-order valence-corrected chi connectivity index (χ3v) is 7.31. The molecule has 5 aliphatic rings. The van der Waals surface area contributed by atoms with Crippen molar-refractivity contribution in [3.8, 4) is 0 Å². The SMILES string of the molecule is CC(=O)[C@H]1[C@H]2[C@H]3C(=O)C[C@H]1[C@]1(C)OC(=O)[C@@]2(C)O[C@]31O[Si](C)(C)C. The Morgan fingerprint density at radius 1 is 1.25 bits per heavy atom. The van der Waals surface area contributed by atoms with E-state index in [9.17, 15) is 14.4 Å². The quantitative estimate of drug-likeness (QED) is 0.568. The lowest BCUT2D eigenvalue weighted by atomic mass is 9.49. The Kier molecular flexibility index (Phi) is 2.87. The fraction of sp³-hybridized carbons (Fsp3) is 0.824. The van der Waals surface area contributed by atoms with Crippen LogP contribution < -0.4 is 0 Å². The maximum Gasteiger partial charge on any atom is 0.339 e. The Morgan fingerprint density at radius 2 is 1.88 bits per heavy atom. The van der Waals surface area contributed by atoms with E-state index >= 15 is 0 Å². The monoisotopic (exact) mass is 352 g/mol. The fourth-order valence-electron chi connectivity index (χ4n) is 5.69. The van der Waals surface area contributed by atoms with Gasteiger partial charge >= 0.3 is 5.97 Å². The number of hydrogen-bond acceptors (Lipinski definition) is 6. The number of hydrogen-bond donors (Lipinski definition) is 0. The van der Waals surface area contributed by atoms with Gasteiger partial charge in [0.15, 0.2) is 19.5 Å². The molecule has 2 saturated heterocycles. The van der Waals surface area contributed by atoms with Crippen molar-refractivity contribution < 1.29 is 28.3 Å². The molecule has 0 unspecified atom stereocenters. The summed E-state index contributed by atoms with van der Waals surface area (Å²) < 4.78 is 18.6. The molecule has 0 aromatic rings. The molecule has 2 heterocycles. The first kappa shape index (κ1) is 16.4. The Balaban J connectivity index is 1.99. The molecule has 3 saturated carbocycles. The highest BCUT2D eigenvalue weighted by Crippen LogP contribution is 2.71. The Labute approximate surface area is 142 Å². The second-order valence-corrected chi connectivity index (χ2v) is 13.4. The van der Waals surface area contributed by atoms with Gasteiger partial charge in [-0.05, 0) is 40.4 Å². The zero-order valence-corrected chi connectivity index (χ0v) is 16.0. The summed E-state index contributed by atoms with van der Waals surface area (Å²) in [5.74, 6) is -3.62. The smallest absolute Gasteiger partial charge is 0.339 e. The molecule has 0 aromatic carbocycles. The molecule has 2 aliphatic heterocycles. The third kappa shape index (κ3) is 1.57. The zero-order valence-electron chi connectivity index (χ0n) is 15.0. The van der Waals surface area contributed by atoms with E-state index in [1.165, 1.54) is 6.92 Å². The number of rotatable bonds is 3. The van der Waals surface area contributed by atoms with Crippen molar-refractivity contribution in [2.45, 2.75) is 63.8 Å². The fourth-order valence-corrected chi connectivity index (χ4v) is 6.97. The minimum Gasteiger partial charge on any atom is -0.451 e. The topological polar surface area (TPSA) is 78.9 Å². The van der Waals surface area contributed by atoms with Gasteiger partial charge in [-0.3, -0.25) is 9.59 Å². The van der Waals surface area contributed by atoms with E-state index in [0.29, 0.717) is 0 Å². The van der Waals surface area contributed by atoms with Crippen LogP contribution in [0.5, 0.6) is 0 Å². The second-order valence-electron chi connectivity index (χ2n) is 9.00.